The minimum Gasteiger partial charge on any atom is -0.264 e. The Bertz CT molecular complexity index is 654. The van der Waals surface area contributed by atoms with Gasteiger partial charge in [0, 0.05) is 17.3 Å². The van der Waals surface area contributed by atoms with Crippen molar-refractivity contribution in [2.24, 2.45) is 0 Å². The van der Waals surface area contributed by atoms with Crippen molar-refractivity contribution in [1.29, 1.82) is 0 Å². The van der Waals surface area contributed by atoms with Crippen LogP contribution in [0.3, 0.4) is 0 Å². The molecule has 0 aliphatic carbocycles. The monoisotopic (exact) mass is 366 g/mol. The van der Waals surface area contributed by atoms with Crippen LogP contribution in [0.15, 0.2) is 53.7 Å². The summed E-state index contributed by atoms with van der Waals surface area (Å²) in [5.41, 5.74) is -1.26. The molecule has 1 aromatic carbocycles. The van der Waals surface area contributed by atoms with Crippen molar-refractivity contribution in [1.82, 2.24) is 9.29 Å². The van der Waals surface area contributed by atoms with Gasteiger partial charge in [-0.25, -0.2) is 4.31 Å². The van der Waals surface area contributed by atoms with Crippen molar-refractivity contribution < 1.29 is 26.3 Å². The second-order valence-corrected chi connectivity index (χ2v) is 6.12. The maximum atomic E-state index is 13.4. The van der Waals surface area contributed by atoms with Crippen LogP contribution in [-0.2, 0) is 6.18 Å². The maximum absolute atomic E-state index is 13.4. The summed E-state index contributed by atoms with van der Waals surface area (Å²) in [4.78, 5) is 4.30. The number of pyridine rings is 1. The second kappa shape index (κ2) is 7.02. The molecule has 0 aliphatic heterocycles. The van der Waals surface area contributed by atoms with Gasteiger partial charge < -0.3 is 0 Å². The van der Waals surface area contributed by atoms with E-state index in [1.165, 1.54) is 19.4 Å². The summed E-state index contributed by atoms with van der Waals surface area (Å²) >= 11 is 0.812. The number of hydrogen-bond acceptors (Lipinski definition) is 3. The molecule has 1 atom stereocenters. The molecule has 0 N–H and O–H groups in total. The molecule has 2 nitrogen and oxygen atoms in total. The topological polar surface area (TPSA) is 16.1 Å². The Kier molecular flexibility index (Phi) is 5.44. The molecular formula is C15H12F6N2S. The highest BCUT2D eigenvalue weighted by molar-refractivity contribution is 7.97. The first-order valence-corrected chi connectivity index (χ1v) is 7.41. The zero-order valence-corrected chi connectivity index (χ0v) is 13.1. The lowest BCUT2D eigenvalue weighted by Gasteiger charge is -2.29. The van der Waals surface area contributed by atoms with Crippen LogP contribution in [0, 0.1) is 0 Å². The predicted molar refractivity (Wildman–Crippen MR) is 78.1 cm³/mol. The normalized spacial score (nSPS) is 14.0. The van der Waals surface area contributed by atoms with E-state index in [4.69, 9.17) is 0 Å². The van der Waals surface area contributed by atoms with Crippen molar-refractivity contribution in [3.05, 3.63) is 59.9 Å². The lowest BCUT2D eigenvalue weighted by Crippen LogP contribution is -2.32. The van der Waals surface area contributed by atoms with Gasteiger partial charge in [-0.1, -0.05) is 12.1 Å². The molecule has 9 heteroatoms. The van der Waals surface area contributed by atoms with Crippen molar-refractivity contribution in [2.75, 3.05) is 7.05 Å². The predicted octanol–water partition coefficient (Wildman–Crippen LogP) is 5.34. The Morgan fingerprint density at radius 2 is 1.62 bits per heavy atom. The highest BCUT2D eigenvalue weighted by atomic mass is 32.2. The van der Waals surface area contributed by atoms with Gasteiger partial charge in [0.05, 0.1) is 5.56 Å². The minimum absolute atomic E-state index is 0.269. The molecule has 2 aromatic rings. The van der Waals surface area contributed by atoms with E-state index in [-0.39, 0.29) is 5.56 Å². The average molecular weight is 366 g/mol. The van der Waals surface area contributed by atoms with Gasteiger partial charge in [0.25, 0.3) is 0 Å². The van der Waals surface area contributed by atoms with Gasteiger partial charge >= 0.3 is 12.4 Å². The number of halogens is 6. The number of benzene rings is 1. The average Bonchev–Trinajstić information content (AvgIpc) is 2.46. The maximum Gasteiger partial charge on any atom is 0.416 e. The van der Waals surface area contributed by atoms with Crippen LogP contribution in [0.25, 0.3) is 0 Å². The molecule has 0 bridgehead atoms. The molecule has 0 amide bonds. The molecule has 0 spiro atoms. The van der Waals surface area contributed by atoms with Gasteiger partial charge in [-0.15, -0.1) is 0 Å². The van der Waals surface area contributed by atoms with Crippen molar-refractivity contribution in [3.8, 4) is 0 Å². The fraction of sp³-hybridized carbons (Fsp3) is 0.267. The fourth-order valence-electron chi connectivity index (χ4n) is 2.08. The van der Waals surface area contributed by atoms with E-state index in [1.54, 1.807) is 12.1 Å². The summed E-state index contributed by atoms with van der Waals surface area (Å²) in [5.74, 6) is 0. The number of alkyl halides is 6. The Morgan fingerprint density at radius 1 is 1.00 bits per heavy atom. The Hall–Kier alpha value is -1.74. The van der Waals surface area contributed by atoms with Crippen molar-refractivity contribution in [3.63, 3.8) is 0 Å². The molecule has 24 heavy (non-hydrogen) atoms. The van der Waals surface area contributed by atoms with Crippen LogP contribution < -0.4 is 0 Å². The lowest BCUT2D eigenvalue weighted by molar-refractivity contribution is -0.169. The SMILES string of the molecule is CN(Sc1cccnc1)[C@H](c1ccc(C(F)(F)F)cc1)C(F)(F)F. The fourth-order valence-corrected chi connectivity index (χ4v) is 3.01. The van der Waals surface area contributed by atoms with E-state index in [1.807, 2.05) is 0 Å². The summed E-state index contributed by atoms with van der Waals surface area (Å²) in [7, 11) is 1.23. The number of hydrogen-bond donors (Lipinski definition) is 0. The largest absolute Gasteiger partial charge is 0.416 e. The number of nitrogens with zero attached hydrogens (tertiary/aromatic N) is 2. The molecule has 0 radical (unpaired) electrons. The van der Waals surface area contributed by atoms with Crippen molar-refractivity contribution >= 4 is 11.9 Å². The summed E-state index contributed by atoms with van der Waals surface area (Å²) in [5, 5.41) is 0. The molecular weight excluding hydrogens is 354 g/mol. The summed E-state index contributed by atoms with van der Waals surface area (Å²) in [6, 6.07) is 4.12. The summed E-state index contributed by atoms with van der Waals surface area (Å²) in [6.07, 6.45) is -6.35. The third-order valence-electron chi connectivity index (χ3n) is 3.11. The first-order chi connectivity index (χ1) is 11.1. The van der Waals surface area contributed by atoms with E-state index < -0.39 is 24.0 Å². The van der Waals surface area contributed by atoms with Gasteiger partial charge in [-0.05, 0) is 48.8 Å². The Balaban J connectivity index is 2.28. The van der Waals surface area contributed by atoms with Crippen LogP contribution in [0.5, 0.6) is 0 Å². The van der Waals surface area contributed by atoms with Gasteiger partial charge in [-0.2, -0.15) is 26.3 Å². The molecule has 0 fully saturated rings. The van der Waals surface area contributed by atoms with Gasteiger partial charge in [0.15, 0.2) is 0 Å². The van der Waals surface area contributed by atoms with Crippen LogP contribution in [0.4, 0.5) is 26.3 Å². The quantitative estimate of drug-likeness (QED) is 0.537. The molecule has 0 saturated heterocycles. The molecule has 2 rings (SSSR count). The van der Waals surface area contributed by atoms with E-state index >= 15 is 0 Å². The van der Waals surface area contributed by atoms with E-state index in [9.17, 15) is 26.3 Å². The van der Waals surface area contributed by atoms with Crippen LogP contribution in [-0.4, -0.2) is 22.5 Å². The Labute approximate surface area is 138 Å². The lowest BCUT2D eigenvalue weighted by atomic mass is 10.0. The second-order valence-electron chi connectivity index (χ2n) is 4.89. The molecule has 130 valence electrons. The molecule has 0 saturated carbocycles. The van der Waals surface area contributed by atoms with E-state index in [2.05, 4.69) is 4.98 Å². The smallest absolute Gasteiger partial charge is 0.264 e. The van der Waals surface area contributed by atoms with E-state index in [0.29, 0.717) is 17.0 Å². The molecule has 0 unspecified atom stereocenters. The molecule has 0 aliphatic rings. The van der Waals surface area contributed by atoms with Gasteiger partial charge in [0.1, 0.15) is 6.04 Å². The van der Waals surface area contributed by atoms with Gasteiger partial charge in [-0.3, -0.25) is 4.98 Å². The zero-order chi connectivity index (χ0) is 18.0. The third-order valence-corrected chi connectivity index (χ3v) is 4.06. The Morgan fingerprint density at radius 3 is 2.08 bits per heavy atom. The van der Waals surface area contributed by atoms with E-state index in [0.717, 1.165) is 28.4 Å². The highest BCUT2D eigenvalue weighted by Crippen LogP contribution is 2.42. The zero-order valence-electron chi connectivity index (χ0n) is 12.3. The first-order valence-electron chi connectivity index (χ1n) is 6.64. The van der Waals surface area contributed by atoms with Crippen LogP contribution >= 0.6 is 11.9 Å². The number of rotatable bonds is 4. The van der Waals surface area contributed by atoms with Crippen molar-refractivity contribution in [2.45, 2.75) is 23.3 Å². The van der Waals surface area contributed by atoms with Crippen LogP contribution in [0.1, 0.15) is 17.2 Å². The minimum atomic E-state index is -4.65. The summed E-state index contributed by atoms with van der Waals surface area (Å²) < 4.78 is 78.8. The molecule has 1 aromatic heterocycles. The summed E-state index contributed by atoms with van der Waals surface area (Å²) in [6.45, 7) is 0. The third kappa shape index (κ3) is 4.64. The molecule has 1 heterocycles. The van der Waals surface area contributed by atoms with Gasteiger partial charge in [0.2, 0.25) is 0 Å². The first kappa shape index (κ1) is 18.6. The standard InChI is InChI=1S/C15H12F6N2S/c1-23(24-12-3-2-8-22-9-12)13(15(19,20)21)10-4-6-11(7-5-10)14(16,17)18/h2-9,13H,1H3/t13-/m1/s1. The highest BCUT2D eigenvalue weighted by Gasteiger charge is 2.44. The number of aromatic nitrogens is 1. The van der Waals surface area contributed by atoms with Crippen LogP contribution in [0.2, 0.25) is 0 Å².